The monoisotopic (exact) mass is 288 g/mol. The Labute approximate surface area is 102 Å². The average molecular weight is 289 g/mol. The van der Waals surface area contributed by atoms with Crippen molar-refractivity contribution in [3.05, 3.63) is 20.6 Å². The van der Waals surface area contributed by atoms with Gasteiger partial charge in [0.1, 0.15) is 17.1 Å². The minimum absolute atomic E-state index is 0.507. The van der Waals surface area contributed by atoms with Crippen LogP contribution in [0.3, 0.4) is 0 Å². The van der Waals surface area contributed by atoms with E-state index in [1.165, 1.54) is 18.5 Å². The number of aromatic nitrogens is 2. The molecule has 0 aliphatic heterocycles. The van der Waals surface area contributed by atoms with E-state index in [1.807, 2.05) is 6.92 Å². The Bertz CT molecular complexity index is 414. The van der Waals surface area contributed by atoms with Crippen LogP contribution >= 0.6 is 28.1 Å². The maximum absolute atomic E-state index is 5.31. The fourth-order valence-electron chi connectivity index (χ4n) is 1.45. The highest BCUT2D eigenvalue weighted by molar-refractivity contribution is 9.10. The Morgan fingerprint density at radius 2 is 2.33 bits per heavy atom. The van der Waals surface area contributed by atoms with E-state index >= 15 is 0 Å². The topological polar surface area (TPSA) is 37.9 Å². The molecule has 3 nitrogen and oxygen atoms in total. The molecule has 2 rings (SSSR count). The van der Waals surface area contributed by atoms with E-state index < -0.39 is 0 Å². The second kappa shape index (κ2) is 4.72. The van der Waals surface area contributed by atoms with Crippen LogP contribution < -0.4 is 0 Å². The molecular weight excluding hydrogens is 276 g/mol. The summed E-state index contributed by atoms with van der Waals surface area (Å²) in [6, 6.07) is 0. The number of halogens is 1. The predicted molar refractivity (Wildman–Crippen MR) is 64.4 cm³/mol. The van der Waals surface area contributed by atoms with Crippen LogP contribution in [0.1, 0.15) is 37.2 Å². The Morgan fingerprint density at radius 3 is 2.93 bits per heavy atom. The van der Waals surface area contributed by atoms with Crippen molar-refractivity contribution in [2.24, 2.45) is 0 Å². The molecule has 5 heteroatoms. The zero-order valence-corrected chi connectivity index (χ0v) is 10.9. The van der Waals surface area contributed by atoms with Crippen molar-refractivity contribution in [1.82, 2.24) is 9.97 Å². The van der Waals surface area contributed by atoms with Crippen LogP contribution in [0.25, 0.3) is 0 Å². The van der Waals surface area contributed by atoms with Gasteiger partial charge in [0.15, 0.2) is 0 Å². The molecule has 1 aliphatic rings. The minimum atomic E-state index is 0.507. The van der Waals surface area contributed by atoms with Crippen molar-refractivity contribution in [2.45, 2.75) is 32.3 Å². The highest BCUT2D eigenvalue weighted by Gasteiger charge is 2.27. The predicted octanol–water partition coefficient (Wildman–Crippen LogP) is 3.32. The molecule has 1 N–H and O–H groups in total. The lowest BCUT2D eigenvalue weighted by Gasteiger charge is -2.07. The van der Waals surface area contributed by atoms with Crippen molar-refractivity contribution in [1.29, 1.82) is 0 Å². The number of H-pyrrole nitrogens is 1. The SMILES string of the molecule is CCOCc1nc(=S)c(Br)c(C2CC2)[nH]1. The highest BCUT2D eigenvalue weighted by Crippen LogP contribution is 2.42. The van der Waals surface area contributed by atoms with Crippen molar-refractivity contribution in [3.63, 3.8) is 0 Å². The molecule has 0 atom stereocenters. The molecule has 1 saturated carbocycles. The number of hydrogen-bond acceptors (Lipinski definition) is 3. The number of aromatic amines is 1. The van der Waals surface area contributed by atoms with Gasteiger partial charge in [0.05, 0.1) is 4.47 Å². The molecule has 0 spiro atoms. The first-order chi connectivity index (χ1) is 7.22. The molecule has 82 valence electrons. The van der Waals surface area contributed by atoms with Crippen LogP contribution in [0.15, 0.2) is 4.47 Å². The van der Waals surface area contributed by atoms with Crippen molar-refractivity contribution < 1.29 is 4.74 Å². The van der Waals surface area contributed by atoms with E-state index in [2.05, 4.69) is 25.9 Å². The minimum Gasteiger partial charge on any atom is -0.374 e. The van der Waals surface area contributed by atoms with E-state index in [0.29, 0.717) is 23.8 Å². The van der Waals surface area contributed by atoms with E-state index in [9.17, 15) is 0 Å². The Morgan fingerprint density at radius 1 is 1.60 bits per heavy atom. The summed E-state index contributed by atoms with van der Waals surface area (Å²) in [5, 5.41) is 0. The molecular formula is C10H13BrN2OS. The highest BCUT2D eigenvalue weighted by atomic mass is 79.9. The lowest BCUT2D eigenvalue weighted by Crippen LogP contribution is -2.03. The molecule has 1 aliphatic carbocycles. The summed E-state index contributed by atoms with van der Waals surface area (Å²) < 4.78 is 6.89. The maximum Gasteiger partial charge on any atom is 0.144 e. The van der Waals surface area contributed by atoms with Crippen LogP contribution in [-0.2, 0) is 11.3 Å². The van der Waals surface area contributed by atoms with Crippen LogP contribution in [0, 0.1) is 4.64 Å². The summed E-state index contributed by atoms with van der Waals surface area (Å²) in [5.41, 5.74) is 1.18. The number of nitrogens with zero attached hydrogens (tertiary/aromatic N) is 1. The largest absolute Gasteiger partial charge is 0.374 e. The van der Waals surface area contributed by atoms with Gasteiger partial charge in [-0.2, -0.15) is 0 Å². The molecule has 0 amide bonds. The molecule has 0 bridgehead atoms. The van der Waals surface area contributed by atoms with Crippen LogP contribution in [0.2, 0.25) is 0 Å². The third-order valence-corrected chi connectivity index (χ3v) is 3.73. The van der Waals surface area contributed by atoms with Crippen molar-refractivity contribution in [2.75, 3.05) is 6.61 Å². The molecule has 0 saturated heterocycles. The molecule has 0 aromatic carbocycles. The van der Waals surface area contributed by atoms with Crippen molar-refractivity contribution in [3.8, 4) is 0 Å². The van der Waals surface area contributed by atoms with Gasteiger partial charge in [0.25, 0.3) is 0 Å². The maximum atomic E-state index is 5.31. The lowest BCUT2D eigenvalue weighted by atomic mass is 10.3. The standard InChI is InChI=1S/C10H13BrN2OS/c1-2-14-5-7-12-9(6-3-4-6)8(11)10(15)13-7/h6H,2-5H2,1H3,(H,12,13,15). The number of nitrogens with one attached hydrogen (secondary N) is 1. The third kappa shape index (κ3) is 2.65. The lowest BCUT2D eigenvalue weighted by molar-refractivity contribution is 0.128. The van der Waals surface area contributed by atoms with Gasteiger partial charge in [-0.15, -0.1) is 0 Å². The smallest absolute Gasteiger partial charge is 0.144 e. The van der Waals surface area contributed by atoms with Gasteiger partial charge >= 0.3 is 0 Å². The summed E-state index contributed by atoms with van der Waals surface area (Å²) in [6.45, 7) is 3.17. The van der Waals surface area contributed by atoms with E-state index in [0.717, 1.165) is 10.3 Å². The van der Waals surface area contributed by atoms with Crippen LogP contribution in [0.4, 0.5) is 0 Å². The van der Waals surface area contributed by atoms with Gasteiger partial charge in [-0.3, -0.25) is 0 Å². The quantitative estimate of drug-likeness (QED) is 0.864. The molecule has 1 aromatic heterocycles. The van der Waals surface area contributed by atoms with Gasteiger partial charge in [0, 0.05) is 18.2 Å². The molecule has 15 heavy (non-hydrogen) atoms. The summed E-state index contributed by atoms with van der Waals surface area (Å²) >= 11 is 8.68. The summed E-state index contributed by atoms with van der Waals surface area (Å²) in [4.78, 5) is 7.57. The molecule has 1 fully saturated rings. The van der Waals surface area contributed by atoms with Crippen LogP contribution in [0.5, 0.6) is 0 Å². The van der Waals surface area contributed by atoms with Crippen LogP contribution in [-0.4, -0.2) is 16.6 Å². The van der Waals surface area contributed by atoms with E-state index in [-0.39, 0.29) is 0 Å². The summed E-state index contributed by atoms with van der Waals surface area (Å²) in [5.74, 6) is 1.46. The first kappa shape index (κ1) is 11.2. The van der Waals surface area contributed by atoms with Crippen molar-refractivity contribution >= 4 is 28.1 Å². The Balaban J connectivity index is 2.29. The molecule has 0 radical (unpaired) electrons. The van der Waals surface area contributed by atoms with Gasteiger partial charge < -0.3 is 9.72 Å². The second-order valence-corrected chi connectivity index (χ2v) is 4.81. The fraction of sp³-hybridized carbons (Fsp3) is 0.600. The van der Waals surface area contributed by atoms with Gasteiger partial charge in [0.2, 0.25) is 0 Å². The zero-order chi connectivity index (χ0) is 10.8. The summed E-state index contributed by atoms with van der Waals surface area (Å²) in [7, 11) is 0. The average Bonchev–Trinajstić information content (AvgIpc) is 3.03. The van der Waals surface area contributed by atoms with Gasteiger partial charge in [-0.1, -0.05) is 12.2 Å². The van der Waals surface area contributed by atoms with Gasteiger partial charge in [-0.25, -0.2) is 4.98 Å². The number of ether oxygens (including phenoxy) is 1. The third-order valence-electron chi connectivity index (χ3n) is 2.37. The Kier molecular flexibility index (Phi) is 3.53. The summed E-state index contributed by atoms with van der Waals surface area (Å²) in [6.07, 6.45) is 2.48. The fourth-order valence-corrected chi connectivity index (χ4v) is 2.18. The molecule has 1 heterocycles. The zero-order valence-electron chi connectivity index (χ0n) is 8.55. The second-order valence-electron chi connectivity index (χ2n) is 3.63. The first-order valence-electron chi connectivity index (χ1n) is 5.08. The first-order valence-corrected chi connectivity index (χ1v) is 6.28. The Hall–Kier alpha value is -0.260. The number of rotatable bonds is 4. The molecule has 0 unspecified atom stereocenters. The number of hydrogen-bond donors (Lipinski definition) is 1. The molecule has 1 aromatic rings. The van der Waals surface area contributed by atoms with Gasteiger partial charge in [-0.05, 0) is 35.7 Å². The normalized spacial score (nSPS) is 15.6. The van der Waals surface area contributed by atoms with E-state index in [1.54, 1.807) is 0 Å². The van der Waals surface area contributed by atoms with E-state index in [4.69, 9.17) is 17.0 Å².